The van der Waals surface area contributed by atoms with Gasteiger partial charge < -0.3 is 10.0 Å². The molecule has 6 heteroatoms. The lowest BCUT2D eigenvalue weighted by Gasteiger charge is -2.27. The average Bonchev–Trinajstić information content (AvgIpc) is 2.89. The average molecular weight is 311 g/mol. The zero-order valence-electron chi connectivity index (χ0n) is 11.2. The quantitative estimate of drug-likeness (QED) is 0.909. The van der Waals surface area contributed by atoms with Crippen LogP contribution in [0.25, 0.3) is 0 Å². The summed E-state index contributed by atoms with van der Waals surface area (Å²) in [5.74, 6) is -0.423. The van der Waals surface area contributed by atoms with Crippen molar-refractivity contribution in [1.29, 1.82) is 0 Å². The van der Waals surface area contributed by atoms with Gasteiger partial charge in [0.05, 0.1) is 17.1 Å². The van der Waals surface area contributed by atoms with E-state index in [-0.39, 0.29) is 16.6 Å². The topological polar surface area (TPSA) is 53.4 Å². The fraction of sp³-hybridized carbons (Fsp3) is 0.286. The third kappa shape index (κ3) is 3.29. The molecule has 0 radical (unpaired) electrons. The van der Waals surface area contributed by atoms with Crippen LogP contribution >= 0.6 is 22.9 Å². The van der Waals surface area contributed by atoms with E-state index in [9.17, 15) is 4.79 Å². The summed E-state index contributed by atoms with van der Waals surface area (Å²) in [6.07, 6.45) is 1.39. The van der Waals surface area contributed by atoms with E-state index < -0.39 is 5.97 Å². The van der Waals surface area contributed by atoms with Gasteiger partial charge in [0.25, 0.3) is 0 Å². The highest BCUT2D eigenvalue weighted by Crippen LogP contribution is 2.24. The summed E-state index contributed by atoms with van der Waals surface area (Å²) in [7, 11) is 0. The van der Waals surface area contributed by atoms with E-state index in [4.69, 9.17) is 16.7 Å². The Kier molecular flexibility index (Phi) is 4.62. The highest BCUT2D eigenvalue weighted by atomic mass is 35.5. The molecule has 0 spiro atoms. The summed E-state index contributed by atoms with van der Waals surface area (Å²) in [5, 5.41) is 11.3. The number of halogens is 1. The Morgan fingerprint density at radius 3 is 2.85 bits per heavy atom. The molecule has 4 nitrogen and oxygen atoms in total. The number of nitrogens with zero attached hydrogens (tertiary/aromatic N) is 2. The van der Waals surface area contributed by atoms with Crippen molar-refractivity contribution >= 4 is 34.7 Å². The molecule has 0 saturated carbocycles. The highest BCUT2D eigenvalue weighted by molar-refractivity contribution is 7.09. The standard InChI is InChI=1S/C14H15ClN2O2S/c1-9(2)17(8-10-4-3-5-20-10)13-6-11(14(18)19)12(15)7-16-13/h3-7,9H,8H2,1-2H3,(H,18,19). The molecule has 0 fully saturated rings. The molecule has 2 heterocycles. The summed E-state index contributed by atoms with van der Waals surface area (Å²) in [6, 6.07) is 5.77. The Morgan fingerprint density at radius 2 is 2.30 bits per heavy atom. The molecule has 0 amide bonds. The van der Waals surface area contributed by atoms with Crippen molar-refractivity contribution in [3.05, 3.63) is 45.2 Å². The lowest BCUT2D eigenvalue weighted by Crippen LogP contribution is -2.30. The van der Waals surface area contributed by atoms with E-state index in [1.807, 2.05) is 31.4 Å². The molecular formula is C14H15ClN2O2S. The Morgan fingerprint density at radius 1 is 1.55 bits per heavy atom. The minimum Gasteiger partial charge on any atom is -0.478 e. The predicted molar refractivity (Wildman–Crippen MR) is 81.8 cm³/mol. The van der Waals surface area contributed by atoms with Crippen LogP contribution in [-0.4, -0.2) is 22.1 Å². The number of carboxylic acids is 1. The first kappa shape index (κ1) is 14.8. The van der Waals surface area contributed by atoms with Crippen molar-refractivity contribution < 1.29 is 9.90 Å². The van der Waals surface area contributed by atoms with Gasteiger partial charge in [-0.05, 0) is 31.4 Å². The van der Waals surface area contributed by atoms with Crippen LogP contribution in [0, 0.1) is 0 Å². The zero-order chi connectivity index (χ0) is 14.7. The predicted octanol–water partition coefficient (Wildman–Crippen LogP) is 3.91. The molecule has 0 aliphatic rings. The molecule has 0 atom stereocenters. The monoisotopic (exact) mass is 310 g/mol. The van der Waals surface area contributed by atoms with Gasteiger partial charge in [-0.1, -0.05) is 17.7 Å². The lowest BCUT2D eigenvalue weighted by molar-refractivity contribution is 0.0697. The van der Waals surface area contributed by atoms with Gasteiger partial charge in [-0.3, -0.25) is 0 Å². The van der Waals surface area contributed by atoms with Crippen LogP contribution in [0.2, 0.25) is 5.02 Å². The second-order valence-electron chi connectivity index (χ2n) is 4.63. The number of thiophene rings is 1. The van der Waals surface area contributed by atoms with Crippen LogP contribution in [0.5, 0.6) is 0 Å². The highest BCUT2D eigenvalue weighted by Gasteiger charge is 2.17. The van der Waals surface area contributed by atoms with E-state index in [1.165, 1.54) is 17.1 Å². The van der Waals surface area contributed by atoms with Crippen molar-refractivity contribution in [2.45, 2.75) is 26.4 Å². The largest absolute Gasteiger partial charge is 0.478 e. The van der Waals surface area contributed by atoms with Crippen molar-refractivity contribution in [3.63, 3.8) is 0 Å². The first-order chi connectivity index (χ1) is 9.49. The SMILES string of the molecule is CC(C)N(Cc1cccs1)c1cc(C(=O)O)c(Cl)cn1. The summed E-state index contributed by atoms with van der Waals surface area (Å²) >= 11 is 7.52. The van der Waals surface area contributed by atoms with Gasteiger partial charge in [-0.25, -0.2) is 9.78 Å². The number of pyridine rings is 1. The van der Waals surface area contributed by atoms with Crippen molar-refractivity contribution in [1.82, 2.24) is 4.98 Å². The second kappa shape index (κ2) is 6.24. The molecule has 0 aliphatic heterocycles. The first-order valence-electron chi connectivity index (χ1n) is 6.17. The minimum absolute atomic E-state index is 0.0773. The molecule has 0 unspecified atom stereocenters. The van der Waals surface area contributed by atoms with Crippen LogP contribution in [0.1, 0.15) is 29.1 Å². The summed E-state index contributed by atoms with van der Waals surface area (Å²) in [6.45, 7) is 4.79. The maximum Gasteiger partial charge on any atom is 0.337 e. The number of rotatable bonds is 5. The van der Waals surface area contributed by atoms with Gasteiger partial charge in [0, 0.05) is 17.1 Å². The number of carboxylic acid groups (broad SMARTS) is 1. The van der Waals surface area contributed by atoms with E-state index in [0.29, 0.717) is 12.4 Å². The molecule has 0 bridgehead atoms. The van der Waals surface area contributed by atoms with Gasteiger partial charge in [0.2, 0.25) is 0 Å². The Bertz CT molecular complexity index is 599. The van der Waals surface area contributed by atoms with Crippen LogP contribution in [0.15, 0.2) is 29.8 Å². The number of anilines is 1. The van der Waals surface area contributed by atoms with Gasteiger partial charge >= 0.3 is 5.97 Å². The summed E-state index contributed by atoms with van der Waals surface area (Å²) in [4.78, 5) is 18.7. The molecule has 20 heavy (non-hydrogen) atoms. The molecular weight excluding hydrogens is 296 g/mol. The molecule has 106 valence electrons. The molecule has 0 saturated heterocycles. The normalized spacial score (nSPS) is 10.8. The third-order valence-corrected chi connectivity index (χ3v) is 4.06. The van der Waals surface area contributed by atoms with Gasteiger partial charge in [0.1, 0.15) is 5.82 Å². The van der Waals surface area contributed by atoms with Gasteiger partial charge in [0.15, 0.2) is 0 Å². The number of carbonyl (C=O) groups is 1. The Labute approximate surface area is 126 Å². The third-order valence-electron chi connectivity index (χ3n) is 2.90. The van der Waals surface area contributed by atoms with Crippen LogP contribution in [-0.2, 0) is 6.54 Å². The maximum absolute atomic E-state index is 11.2. The molecule has 1 N–H and O–H groups in total. The molecule has 2 aromatic heterocycles. The van der Waals surface area contributed by atoms with Crippen LogP contribution < -0.4 is 4.90 Å². The van der Waals surface area contributed by atoms with Gasteiger partial charge in [-0.2, -0.15) is 0 Å². The minimum atomic E-state index is -1.04. The van der Waals surface area contributed by atoms with E-state index >= 15 is 0 Å². The van der Waals surface area contributed by atoms with Crippen molar-refractivity contribution in [2.24, 2.45) is 0 Å². The number of hydrogen-bond acceptors (Lipinski definition) is 4. The molecule has 2 aromatic rings. The fourth-order valence-corrected chi connectivity index (χ4v) is 2.73. The fourth-order valence-electron chi connectivity index (χ4n) is 1.85. The summed E-state index contributed by atoms with van der Waals surface area (Å²) < 4.78 is 0. The van der Waals surface area contributed by atoms with Crippen LogP contribution in [0.3, 0.4) is 0 Å². The van der Waals surface area contributed by atoms with E-state index in [2.05, 4.69) is 9.88 Å². The number of hydrogen-bond donors (Lipinski definition) is 1. The Hall–Kier alpha value is -1.59. The van der Waals surface area contributed by atoms with Gasteiger partial charge in [-0.15, -0.1) is 11.3 Å². The smallest absolute Gasteiger partial charge is 0.337 e. The number of aromatic carboxylic acids is 1. The van der Waals surface area contributed by atoms with Crippen LogP contribution in [0.4, 0.5) is 5.82 Å². The first-order valence-corrected chi connectivity index (χ1v) is 7.42. The van der Waals surface area contributed by atoms with E-state index in [1.54, 1.807) is 11.3 Å². The second-order valence-corrected chi connectivity index (χ2v) is 6.07. The molecule has 0 aromatic carbocycles. The lowest BCUT2D eigenvalue weighted by atomic mass is 10.2. The van der Waals surface area contributed by atoms with Crippen molar-refractivity contribution in [3.8, 4) is 0 Å². The summed E-state index contributed by atoms with van der Waals surface area (Å²) in [5.41, 5.74) is 0.0773. The number of aromatic nitrogens is 1. The maximum atomic E-state index is 11.2. The van der Waals surface area contributed by atoms with E-state index in [0.717, 1.165) is 0 Å². The Balaban J connectivity index is 2.34. The zero-order valence-corrected chi connectivity index (χ0v) is 12.8. The molecule has 0 aliphatic carbocycles. The van der Waals surface area contributed by atoms with Crippen molar-refractivity contribution in [2.75, 3.05) is 4.90 Å². The molecule has 2 rings (SSSR count).